The molecule has 0 saturated carbocycles. The second-order valence-corrected chi connectivity index (χ2v) is 7.93. The van der Waals surface area contributed by atoms with Crippen molar-refractivity contribution < 1.29 is 9.53 Å². The highest BCUT2D eigenvalue weighted by atomic mass is 16.5. The Labute approximate surface area is 178 Å². The zero-order valence-electron chi connectivity index (χ0n) is 17.7. The van der Waals surface area contributed by atoms with Gasteiger partial charge in [0, 0.05) is 30.8 Å². The Bertz CT molecular complexity index is 1020. The average molecular weight is 401 g/mol. The van der Waals surface area contributed by atoms with Crippen molar-refractivity contribution in [1.82, 2.24) is 4.98 Å². The van der Waals surface area contributed by atoms with Gasteiger partial charge in [-0.3, -0.25) is 4.98 Å². The Kier molecular flexibility index (Phi) is 6.12. The van der Waals surface area contributed by atoms with Crippen LogP contribution in [0, 0.1) is 0 Å². The van der Waals surface area contributed by atoms with E-state index in [4.69, 9.17) is 4.74 Å². The van der Waals surface area contributed by atoms with E-state index in [9.17, 15) is 4.79 Å². The summed E-state index contributed by atoms with van der Waals surface area (Å²) in [5, 5.41) is 0. The summed E-state index contributed by atoms with van der Waals surface area (Å²) in [5.74, 6) is 0.223. The molecular formula is C26H28N2O2. The molecule has 0 aliphatic heterocycles. The fourth-order valence-corrected chi connectivity index (χ4v) is 4.48. The Balaban J connectivity index is 1.52. The molecule has 0 unspecified atom stereocenters. The highest BCUT2D eigenvalue weighted by molar-refractivity contribution is 5.90. The lowest BCUT2D eigenvalue weighted by molar-refractivity contribution is 0.0599. The van der Waals surface area contributed by atoms with Crippen molar-refractivity contribution >= 4 is 17.3 Å². The van der Waals surface area contributed by atoms with Crippen LogP contribution >= 0.6 is 0 Å². The van der Waals surface area contributed by atoms with Gasteiger partial charge in [0.1, 0.15) is 0 Å². The summed E-state index contributed by atoms with van der Waals surface area (Å²) in [6, 6.07) is 19.1. The molecule has 4 nitrogen and oxygen atoms in total. The summed E-state index contributed by atoms with van der Waals surface area (Å²) in [6.07, 6.45) is 8.80. The second kappa shape index (κ2) is 9.12. The van der Waals surface area contributed by atoms with E-state index in [2.05, 4.69) is 59.4 Å². The molecule has 0 amide bonds. The largest absolute Gasteiger partial charge is 0.465 e. The standard InChI is InChI=1S/C26H28N2O2/c1-28(22-9-4-3-5-10-22)23-13-14-24-19(7-6-8-20(24)17-23)11-12-21-18-27-16-15-25(21)26(29)30-2/h3-5,9-10,13-19H,6-8,11-12H2,1-2H3/t19-/m1/s1. The first-order chi connectivity index (χ1) is 14.7. The third-order valence-corrected chi connectivity index (χ3v) is 6.17. The highest BCUT2D eigenvalue weighted by Crippen LogP contribution is 2.37. The van der Waals surface area contributed by atoms with E-state index in [1.807, 2.05) is 6.07 Å². The zero-order valence-corrected chi connectivity index (χ0v) is 17.7. The number of pyridine rings is 1. The number of carbonyl (C=O) groups excluding carboxylic acids is 1. The van der Waals surface area contributed by atoms with Crippen molar-refractivity contribution in [3.63, 3.8) is 0 Å². The fraction of sp³-hybridized carbons (Fsp3) is 0.308. The van der Waals surface area contributed by atoms with Gasteiger partial charge >= 0.3 is 5.97 Å². The third-order valence-electron chi connectivity index (χ3n) is 6.17. The summed E-state index contributed by atoms with van der Waals surface area (Å²) >= 11 is 0. The lowest BCUT2D eigenvalue weighted by atomic mass is 9.79. The van der Waals surface area contributed by atoms with E-state index in [1.165, 1.54) is 42.5 Å². The third kappa shape index (κ3) is 4.23. The maximum Gasteiger partial charge on any atom is 0.338 e. The van der Waals surface area contributed by atoms with Gasteiger partial charge in [-0.1, -0.05) is 24.3 Å². The van der Waals surface area contributed by atoms with Crippen LogP contribution in [0.15, 0.2) is 67.0 Å². The van der Waals surface area contributed by atoms with Gasteiger partial charge in [0.05, 0.1) is 12.7 Å². The predicted octanol–water partition coefficient (Wildman–Crippen LogP) is 5.69. The summed E-state index contributed by atoms with van der Waals surface area (Å²) in [6.45, 7) is 0. The number of hydrogen-bond acceptors (Lipinski definition) is 4. The first-order valence-electron chi connectivity index (χ1n) is 10.6. The smallest absolute Gasteiger partial charge is 0.338 e. The molecule has 1 atom stereocenters. The maximum atomic E-state index is 12.0. The number of aromatic nitrogens is 1. The second-order valence-electron chi connectivity index (χ2n) is 7.93. The van der Waals surface area contributed by atoms with Gasteiger partial charge in [-0.2, -0.15) is 0 Å². The average Bonchev–Trinajstić information content (AvgIpc) is 2.82. The molecule has 1 aliphatic carbocycles. The van der Waals surface area contributed by atoms with Crippen molar-refractivity contribution in [2.45, 2.75) is 38.0 Å². The van der Waals surface area contributed by atoms with Crippen LogP contribution in [0.25, 0.3) is 0 Å². The summed E-state index contributed by atoms with van der Waals surface area (Å²) in [4.78, 5) is 18.5. The number of esters is 1. The molecule has 2 aromatic carbocycles. The lowest BCUT2D eigenvalue weighted by Crippen LogP contribution is -2.14. The number of para-hydroxylation sites is 1. The number of hydrogen-bond donors (Lipinski definition) is 0. The lowest BCUT2D eigenvalue weighted by Gasteiger charge is -2.28. The number of benzene rings is 2. The first-order valence-corrected chi connectivity index (χ1v) is 10.6. The van der Waals surface area contributed by atoms with Crippen molar-refractivity contribution in [3.05, 3.63) is 89.2 Å². The van der Waals surface area contributed by atoms with E-state index in [0.717, 1.165) is 24.8 Å². The predicted molar refractivity (Wildman–Crippen MR) is 121 cm³/mol. The van der Waals surface area contributed by atoms with Gasteiger partial charge in [0.15, 0.2) is 0 Å². The number of rotatable bonds is 6. The SMILES string of the molecule is COC(=O)c1ccncc1CC[C@H]1CCCc2cc(N(C)c3ccccc3)ccc21. The number of aryl methyl sites for hydroxylation is 2. The van der Waals surface area contributed by atoms with E-state index in [1.54, 1.807) is 18.5 Å². The molecule has 30 heavy (non-hydrogen) atoms. The van der Waals surface area contributed by atoms with Crippen LogP contribution in [0.1, 0.15) is 52.2 Å². The molecule has 0 radical (unpaired) electrons. The highest BCUT2D eigenvalue weighted by Gasteiger charge is 2.22. The molecule has 0 N–H and O–H groups in total. The molecule has 0 saturated heterocycles. The molecule has 1 heterocycles. The molecular weight excluding hydrogens is 372 g/mol. The molecule has 0 spiro atoms. The van der Waals surface area contributed by atoms with Gasteiger partial charge in [-0.15, -0.1) is 0 Å². The molecule has 154 valence electrons. The topological polar surface area (TPSA) is 42.4 Å². The molecule has 0 fully saturated rings. The van der Waals surface area contributed by atoms with E-state index in [-0.39, 0.29) is 5.97 Å². The Morgan fingerprint density at radius 2 is 1.97 bits per heavy atom. The monoisotopic (exact) mass is 400 g/mol. The molecule has 4 heteroatoms. The van der Waals surface area contributed by atoms with Gasteiger partial charge in [-0.05, 0) is 85.0 Å². The van der Waals surface area contributed by atoms with Crippen LogP contribution in [0.3, 0.4) is 0 Å². The van der Waals surface area contributed by atoms with Gasteiger partial charge in [0.25, 0.3) is 0 Å². The first kappa shape index (κ1) is 20.1. The van der Waals surface area contributed by atoms with Crippen LogP contribution in [0.4, 0.5) is 11.4 Å². The summed E-state index contributed by atoms with van der Waals surface area (Å²) < 4.78 is 4.93. The Morgan fingerprint density at radius 3 is 2.77 bits per heavy atom. The Hall–Kier alpha value is -3.14. The maximum absolute atomic E-state index is 12.0. The zero-order chi connectivity index (χ0) is 20.9. The number of nitrogens with zero attached hydrogens (tertiary/aromatic N) is 2. The van der Waals surface area contributed by atoms with Crippen LogP contribution in [0.5, 0.6) is 0 Å². The van der Waals surface area contributed by atoms with Crippen LogP contribution in [0.2, 0.25) is 0 Å². The fourth-order valence-electron chi connectivity index (χ4n) is 4.48. The van der Waals surface area contributed by atoms with Gasteiger partial charge in [-0.25, -0.2) is 4.79 Å². The van der Waals surface area contributed by atoms with Crippen LogP contribution in [-0.2, 0) is 17.6 Å². The molecule has 1 aromatic heterocycles. The quantitative estimate of drug-likeness (QED) is 0.499. The van der Waals surface area contributed by atoms with Crippen molar-refractivity contribution in [2.75, 3.05) is 19.1 Å². The minimum absolute atomic E-state index is 0.287. The van der Waals surface area contributed by atoms with E-state index >= 15 is 0 Å². The number of ether oxygens (including phenoxy) is 1. The number of anilines is 2. The molecule has 0 bridgehead atoms. The van der Waals surface area contributed by atoms with Crippen molar-refractivity contribution in [3.8, 4) is 0 Å². The van der Waals surface area contributed by atoms with Gasteiger partial charge in [0.2, 0.25) is 0 Å². The number of methoxy groups -OCH3 is 1. The summed E-state index contributed by atoms with van der Waals surface area (Å²) in [7, 11) is 3.54. The van der Waals surface area contributed by atoms with E-state index < -0.39 is 0 Å². The van der Waals surface area contributed by atoms with Crippen LogP contribution < -0.4 is 4.90 Å². The summed E-state index contributed by atoms with van der Waals surface area (Å²) in [5.41, 5.74) is 6.92. The molecule has 4 rings (SSSR count). The van der Waals surface area contributed by atoms with Crippen molar-refractivity contribution in [1.29, 1.82) is 0 Å². The number of fused-ring (bicyclic) bond motifs is 1. The minimum atomic E-state index is -0.287. The van der Waals surface area contributed by atoms with Gasteiger partial charge < -0.3 is 9.64 Å². The minimum Gasteiger partial charge on any atom is -0.465 e. The molecule has 3 aromatic rings. The van der Waals surface area contributed by atoms with Crippen molar-refractivity contribution in [2.24, 2.45) is 0 Å². The molecule has 1 aliphatic rings. The normalized spacial score (nSPS) is 15.3. The Morgan fingerprint density at radius 1 is 1.13 bits per heavy atom. The van der Waals surface area contributed by atoms with Crippen LogP contribution in [-0.4, -0.2) is 25.1 Å². The number of carbonyl (C=O) groups is 1. The van der Waals surface area contributed by atoms with E-state index in [0.29, 0.717) is 11.5 Å².